The van der Waals surface area contributed by atoms with Crippen molar-refractivity contribution in [1.29, 1.82) is 0 Å². The van der Waals surface area contributed by atoms with Crippen LogP contribution in [0.1, 0.15) is 38.0 Å². The van der Waals surface area contributed by atoms with Gasteiger partial charge in [-0.05, 0) is 25.5 Å². The van der Waals surface area contributed by atoms with E-state index in [0.29, 0.717) is 29.5 Å². The molecule has 1 aliphatic carbocycles. The molecule has 19 heavy (non-hydrogen) atoms. The second-order valence-corrected chi connectivity index (χ2v) is 4.73. The van der Waals surface area contributed by atoms with Gasteiger partial charge in [-0.3, -0.25) is 0 Å². The number of aromatic nitrogens is 4. The van der Waals surface area contributed by atoms with Gasteiger partial charge in [-0.25, -0.2) is 9.97 Å². The Morgan fingerprint density at radius 2 is 2.11 bits per heavy atom. The quantitative estimate of drug-likeness (QED) is 0.901. The summed E-state index contributed by atoms with van der Waals surface area (Å²) in [5.41, 5.74) is 0. The standard InChI is InChI=1S/C13H17N5O/c1-2-14-10-6-3-5-9(10)13-17-12(18-19-13)11-15-7-4-8-16-11/h4,7-10,14H,2-3,5-6H2,1H3. The first-order valence-corrected chi connectivity index (χ1v) is 6.73. The van der Waals surface area contributed by atoms with Crippen LogP contribution < -0.4 is 5.32 Å². The van der Waals surface area contributed by atoms with Crippen LogP contribution in [0, 0.1) is 0 Å². The van der Waals surface area contributed by atoms with Crippen LogP contribution in [-0.4, -0.2) is 32.7 Å². The molecule has 0 aromatic carbocycles. The summed E-state index contributed by atoms with van der Waals surface area (Å²) in [4.78, 5) is 12.7. The molecule has 6 nitrogen and oxygen atoms in total. The second-order valence-electron chi connectivity index (χ2n) is 4.73. The van der Waals surface area contributed by atoms with E-state index in [4.69, 9.17) is 4.52 Å². The van der Waals surface area contributed by atoms with E-state index in [-0.39, 0.29) is 0 Å². The molecule has 6 heteroatoms. The van der Waals surface area contributed by atoms with Crippen molar-refractivity contribution in [2.45, 2.75) is 38.1 Å². The topological polar surface area (TPSA) is 76.7 Å². The minimum absolute atomic E-state index is 0.310. The maximum absolute atomic E-state index is 5.40. The van der Waals surface area contributed by atoms with E-state index in [1.165, 1.54) is 6.42 Å². The van der Waals surface area contributed by atoms with Gasteiger partial charge in [0.05, 0.1) is 5.92 Å². The second kappa shape index (κ2) is 5.44. The van der Waals surface area contributed by atoms with Crippen molar-refractivity contribution in [2.24, 2.45) is 0 Å². The molecule has 0 amide bonds. The van der Waals surface area contributed by atoms with Crippen LogP contribution in [0.5, 0.6) is 0 Å². The van der Waals surface area contributed by atoms with Gasteiger partial charge in [-0.15, -0.1) is 0 Å². The van der Waals surface area contributed by atoms with Gasteiger partial charge in [0, 0.05) is 18.4 Å². The Kier molecular flexibility index (Phi) is 3.50. The fourth-order valence-electron chi connectivity index (χ4n) is 2.65. The van der Waals surface area contributed by atoms with E-state index in [1.54, 1.807) is 18.5 Å². The molecule has 2 aromatic heterocycles. The zero-order chi connectivity index (χ0) is 13.1. The average Bonchev–Trinajstić information content (AvgIpc) is 3.08. The molecular weight excluding hydrogens is 242 g/mol. The van der Waals surface area contributed by atoms with Gasteiger partial charge in [0.25, 0.3) is 0 Å². The Balaban J connectivity index is 1.81. The first-order chi connectivity index (χ1) is 9.38. The molecule has 0 bridgehead atoms. The van der Waals surface area contributed by atoms with E-state index in [2.05, 4.69) is 32.3 Å². The largest absolute Gasteiger partial charge is 0.338 e. The lowest BCUT2D eigenvalue weighted by molar-refractivity contribution is 0.332. The summed E-state index contributed by atoms with van der Waals surface area (Å²) in [5.74, 6) is 1.99. The third-order valence-corrected chi connectivity index (χ3v) is 3.51. The van der Waals surface area contributed by atoms with Crippen molar-refractivity contribution in [3.8, 4) is 11.6 Å². The Morgan fingerprint density at radius 1 is 1.26 bits per heavy atom. The van der Waals surface area contributed by atoms with Gasteiger partial charge in [0.15, 0.2) is 0 Å². The molecule has 0 spiro atoms. The average molecular weight is 259 g/mol. The predicted octanol–water partition coefficient (Wildman–Crippen LogP) is 1.77. The Hall–Kier alpha value is -1.82. The van der Waals surface area contributed by atoms with Crippen LogP contribution in [0.3, 0.4) is 0 Å². The Bertz CT molecular complexity index is 527. The monoisotopic (exact) mass is 259 g/mol. The Morgan fingerprint density at radius 3 is 2.89 bits per heavy atom. The first-order valence-electron chi connectivity index (χ1n) is 6.73. The number of nitrogens with zero attached hydrogens (tertiary/aromatic N) is 4. The highest BCUT2D eigenvalue weighted by Crippen LogP contribution is 2.34. The molecule has 2 heterocycles. The predicted molar refractivity (Wildman–Crippen MR) is 69.4 cm³/mol. The minimum atomic E-state index is 0.310. The summed E-state index contributed by atoms with van der Waals surface area (Å²) in [7, 11) is 0. The lowest BCUT2D eigenvalue weighted by Gasteiger charge is -2.16. The van der Waals surface area contributed by atoms with Crippen molar-refractivity contribution in [2.75, 3.05) is 6.54 Å². The number of hydrogen-bond donors (Lipinski definition) is 1. The maximum Gasteiger partial charge on any atom is 0.240 e. The number of likely N-dealkylation sites (N-methyl/N-ethyl adjacent to an activating group) is 1. The van der Waals surface area contributed by atoms with Crippen molar-refractivity contribution < 1.29 is 4.52 Å². The molecule has 100 valence electrons. The maximum atomic E-state index is 5.40. The van der Waals surface area contributed by atoms with Gasteiger partial charge in [-0.2, -0.15) is 4.98 Å². The van der Waals surface area contributed by atoms with E-state index in [9.17, 15) is 0 Å². The fraction of sp³-hybridized carbons (Fsp3) is 0.538. The third kappa shape index (κ3) is 2.49. The van der Waals surface area contributed by atoms with Crippen LogP contribution in [0.4, 0.5) is 0 Å². The summed E-state index contributed by atoms with van der Waals surface area (Å²) in [5, 5.41) is 7.47. The van der Waals surface area contributed by atoms with E-state index in [0.717, 1.165) is 19.4 Å². The number of nitrogens with one attached hydrogen (secondary N) is 1. The van der Waals surface area contributed by atoms with E-state index < -0.39 is 0 Å². The highest BCUT2D eigenvalue weighted by molar-refractivity contribution is 5.40. The first kappa shape index (κ1) is 12.2. The molecule has 1 fully saturated rings. The van der Waals surface area contributed by atoms with Crippen molar-refractivity contribution in [1.82, 2.24) is 25.4 Å². The summed E-state index contributed by atoms with van der Waals surface area (Å²) in [6, 6.07) is 2.21. The van der Waals surface area contributed by atoms with Gasteiger partial charge >= 0.3 is 0 Å². The normalized spacial score (nSPS) is 22.8. The van der Waals surface area contributed by atoms with Gasteiger partial charge < -0.3 is 9.84 Å². The Labute approximate surface area is 111 Å². The smallest absolute Gasteiger partial charge is 0.240 e. The number of hydrogen-bond acceptors (Lipinski definition) is 6. The zero-order valence-corrected chi connectivity index (χ0v) is 10.9. The molecule has 1 N–H and O–H groups in total. The van der Waals surface area contributed by atoms with Crippen LogP contribution in [0.2, 0.25) is 0 Å². The molecule has 2 aromatic rings. The van der Waals surface area contributed by atoms with Crippen LogP contribution in [-0.2, 0) is 0 Å². The molecule has 1 aliphatic rings. The van der Waals surface area contributed by atoms with Crippen molar-refractivity contribution in [3.05, 3.63) is 24.4 Å². The molecule has 2 unspecified atom stereocenters. The lowest BCUT2D eigenvalue weighted by atomic mass is 10.0. The van der Waals surface area contributed by atoms with Gasteiger partial charge in [0.1, 0.15) is 0 Å². The van der Waals surface area contributed by atoms with Gasteiger partial charge in [-0.1, -0.05) is 18.5 Å². The summed E-state index contributed by atoms with van der Waals surface area (Å²) in [6.45, 7) is 3.08. The minimum Gasteiger partial charge on any atom is -0.338 e. The van der Waals surface area contributed by atoms with Crippen molar-refractivity contribution in [3.63, 3.8) is 0 Å². The van der Waals surface area contributed by atoms with E-state index in [1.807, 2.05) is 0 Å². The van der Waals surface area contributed by atoms with Crippen LogP contribution >= 0.6 is 0 Å². The highest BCUT2D eigenvalue weighted by Gasteiger charge is 2.32. The van der Waals surface area contributed by atoms with Crippen LogP contribution in [0.15, 0.2) is 23.0 Å². The third-order valence-electron chi connectivity index (χ3n) is 3.51. The highest BCUT2D eigenvalue weighted by atomic mass is 16.5. The molecule has 0 radical (unpaired) electrons. The molecule has 0 aliphatic heterocycles. The number of rotatable bonds is 4. The zero-order valence-electron chi connectivity index (χ0n) is 10.9. The molecule has 1 saturated carbocycles. The molecular formula is C13H17N5O. The molecule has 2 atom stereocenters. The van der Waals surface area contributed by atoms with Crippen LogP contribution in [0.25, 0.3) is 11.6 Å². The van der Waals surface area contributed by atoms with Gasteiger partial charge in [0.2, 0.25) is 17.5 Å². The summed E-state index contributed by atoms with van der Waals surface area (Å²) >= 11 is 0. The summed E-state index contributed by atoms with van der Waals surface area (Å²) in [6.07, 6.45) is 6.81. The van der Waals surface area contributed by atoms with Crippen molar-refractivity contribution >= 4 is 0 Å². The summed E-state index contributed by atoms with van der Waals surface area (Å²) < 4.78 is 5.40. The van der Waals surface area contributed by atoms with E-state index >= 15 is 0 Å². The molecule has 0 saturated heterocycles. The fourth-order valence-corrected chi connectivity index (χ4v) is 2.65. The lowest BCUT2D eigenvalue weighted by Crippen LogP contribution is -2.31. The molecule has 3 rings (SSSR count). The SMILES string of the molecule is CCNC1CCCC1c1nc(-c2ncccn2)no1.